The minimum Gasteiger partial charge on any atom is -0.379 e. The molecule has 0 aliphatic rings. The molecule has 22 heavy (non-hydrogen) atoms. The molecular formula is C13H20F3N3O2S. The summed E-state index contributed by atoms with van der Waals surface area (Å²) >= 11 is 0.857. The SMILES string of the molecule is COC(C)(C)C[C@@H](C)NC(=O)NCc1nc(C(F)(F)F)cs1. The van der Waals surface area contributed by atoms with E-state index in [1.54, 1.807) is 7.11 Å². The summed E-state index contributed by atoms with van der Waals surface area (Å²) in [6, 6.07) is -0.597. The number of methoxy groups -OCH3 is 1. The van der Waals surface area contributed by atoms with Crippen molar-refractivity contribution >= 4 is 17.4 Å². The molecule has 1 heterocycles. The predicted molar refractivity (Wildman–Crippen MR) is 77.7 cm³/mol. The lowest BCUT2D eigenvalue weighted by Gasteiger charge is -2.27. The lowest BCUT2D eigenvalue weighted by Crippen LogP contribution is -2.43. The second-order valence-corrected chi connectivity index (χ2v) is 6.46. The molecule has 2 N–H and O–H groups in total. The topological polar surface area (TPSA) is 63.2 Å². The average Bonchev–Trinajstić information content (AvgIpc) is 2.84. The molecule has 0 fully saturated rings. The van der Waals surface area contributed by atoms with E-state index in [0.717, 1.165) is 16.7 Å². The average molecular weight is 339 g/mol. The summed E-state index contributed by atoms with van der Waals surface area (Å²) in [6.45, 7) is 5.58. The van der Waals surface area contributed by atoms with Crippen molar-refractivity contribution in [1.82, 2.24) is 15.6 Å². The number of amides is 2. The van der Waals surface area contributed by atoms with Gasteiger partial charge in [-0.2, -0.15) is 13.2 Å². The number of nitrogens with zero attached hydrogens (tertiary/aromatic N) is 1. The van der Waals surface area contributed by atoms with Gasteiger partial charge in [0.15, 0.2) is 5.69 Å². The van der Waals surface area contributed by atoms with Crippen molar-refractivity contribution in [3.63, 3.8) is 0 Å². The number of aromatic nitrogens is 1. The molecule has 0 saturated carbocycles. The Morgan fingerprint density at radius 1 is 1.45 bits per heavy atom. The zero-order valence-corrected chi connectivity index (χ0v) is 13.7. The van der Waals surface area contributed by atoms with Crippen LogP contribution in [0.1, 0.15) is 37.9 Å². The number of rotatable bonds is 6. The Morgan fingerprint density at radius 2 is 2.09 bits per heavy atom. The molecule has 0 saturated heterocycles. The number of ether oxygens (including phenoxy) is 1. The number of thiazole rings is 1. The van der Waals surface area contributed by atoms with Crippen LogP contribution < -0.4 is 10.6 Å². The molecule has 1 rings (SSSR count). The van der Waals surface area contributed by atoms with Gasteiger partial charge in [-0.1, -0.05) is 0 Å². The van der Waals surface area contributed by atoms with E-state index in [1.807, 2.05) is 20.8 Å². The molecule has 9 heteroatoms. The maximum atomic E-state index is 12.4. The normalized spacial score (nSPS) is 13.8. The van der Waals surface area contributed by atoms with E-state index >= 15 is 0 Å². The molecule has 126 valence electrons. The number of alkyl halides is 3. The minimum atomic E-state index is -4.46. The van der Waals surface area contributed by atoms with E-state index in [4.69, 9.17) is 4.74 Å². The Morgan fingerprint density at radius 3 is 2.59 bits per heavy atom. The Balaban J connectivity index is 2.42. The fourth-order valence-corrected chi connectivity index (χ4v) is 2.57. The molecule has 0 aliphatic carbocycles. The maximum Gasteiger partial charge on any atom is 0.434 e. The van der Waals surface area contributed by atoms with Crippen LogP contribution in [0.4, 0.5) is 18.0 Å². The zero-order chi connectivity index (χ0) is 17.0. The number of halogens is 3. The summed E-state index contributed by atoms with van der Waals surface area (Å²) in [5, 5.41) is 6.32. The van der Waals surface area contributed by atoms with Gasteiger partial charge in [-0.25, -0.2) is 9.78 Å². The second kappa shape index (κ2) is 7.28. The molecule has 5 nitrogen and oxygen atoms in total. The van der Waals surface area contributed by atoms with Crippen molar-refractivity contribution < 1.29 is 22.7 Å². The van der Waals surface area contributed by atoms with Gasteiger partial charge >= 0.3 is 12.2 Å². The van der Waals surface area contributed by atoms with Crippen LogP contribution in [0.2, 0.25) is 0 Å². The number of nitrogens with one attached hydrogen (secondary N) is 2. The summed E-state index contributed by atoms with van der Waals surface area (Å²) in [7, 11) is 1.59. The smallest absolute Gasteiger partial charge is 0.379 e. The van der Waals surface area contributed by atoms with Gasteiger partial charge in [-0.05, 0) is 27.2 Å². The van der Waals surface area contributed by atoms with E-state index in [9.17, 15) is 18.0 Å². The Bertz CT molecular complexity index is 503. The van der Waals surface area contributed by atoms with Crippen molar-refractivity contribution in [2.24, 2.45) is 0 Å². The first-order valence-electron chi connectivity index (χ1n) is 6.64. The highest BCUT2D eigenvalue weighted by atomic mass is 32.1. The Kier molecular flexibility index (Phi) is 6.18. The molecule has 1 atom stereocenters. The number of carbonyl (C=O) groups is 1. The maximum absolute atomic E-state index is 12.4. The van der Waals surface area contributed by atoms with Crippen LogP contribution in [0.3, 0.4) is 0 Å². The van der Waals surface area contributed by atoms with E-state index < -0.39 is 17.9 Å². The molecule has 1 aromatic heterocycles. The van der Waals surface area contributed by atoms with Gasteiger partial charge in [-0.3, -0.25) is 0 Å². The largest absolute Gasteiger partial charge is 0.434 e. The van der Waals surface area contributed by atoms with Gasteiger partial charge in [0.1, 0.15) is 5.01 Å². The summed E-state index contributed by atoms with van der Waals surface area (Å²) in [5.74, 6) is 0. The summed E-state index contributed by atoms with van der Waals surface area (Å²) < 4.78 is 42.5. The van der Waals surface area contributed by atoms with Gasteiger partial charge in [0, 0.05) is 18.5 Å². The fraction of sp³-hybridized carbons (Fsp3) is 0.692. The molecular weight excluding hydrogens is 319 g/mol. The van der Waals surface area contributed by atoms with E-state index in [2.05, 4.69) is 15.6 Å². The third kappa shape index (κ3) is 6.18. The number of carbonyl (C=O) groups excluding carboxylic acids is 1. The van der Waals surface area contributed by atoms with Crippen LogP contribution in [0.25, 0.3) is 0 Å². The Hall–Kier alpha value is -1.35. The first-order chi connectivity index (χ1) is 10.0. The predicted octanol–water partition coefficient (Wildman–Crippen LogP) is 3.16. The summed E-state index contributed by atoms with van der Waals surface area (Å²) in [5.41, 5.74) is -1.31. The van der Waals surface area contributed by atoms with Crippen molar-refractivity contribution in [3.8, 4) is 0 Å². The third-order valence-electron chi connectivity index (χ3n) is 2.97. The van der Waals surface area contributed by atoms with Crippen LogP contribution >= 0.6 is 11.3 Å². The standard InChI is InChI=1S/C13H20F3N3O2S/c1-8(5-12(2,3)21-4)18-11(20)17-6-10-19-9(7-22-10)13(14,15)16/h7-8H,5-6H2,1-4H3,(H2,17,18,20)/t8-/m1/s1. The molecule has 1 aromatic rings. The molecule has 0 aromatic carbocycles. The van der Waals surface area contributed by atoms with Gasteiger partial charge in [0.2, 0.25) is 0 Å². The fourth-order valence-electron chi connectivity index (χ4n) is 1.82. The first kappa shape index (κ1) is 18.7. The molecule has 0 unspecified atom stereocenters. The summed E-state index contributed by atoms with van der Waals surface area (Å²) in [6.07, 6.45) is -3.86. The van der Waals surface area contributed by atoms with Crippen molar-refractivity contribution in [3.05, 3.63) is 16.1 Å². The third-order valence-corrected chi connectivity index (χ3v) is 3.82. The molecule has 0 aliphatic heterocycles. The van der Waals surface area contributed by atoms with Crippen LogP contribution in [0.5, 0.6) is 0 Å². The van der Waals surface area contributed by atoms with Crippen LogP contribution in [0, 0.1) is 0 Å². The van der Waals surface area contributed by atoms with E-state index in [-0.39, 0.29) is 23.2 Å². The highest BCUT2D eigenvalue weighted by Gasteiger charge is 2.33. The quantitative estimate of drug-likeness (QED) is 0.837. The summed E-state index contributed by atoms with van der Waals surface area (Å²) in [4.78, 5) is 15.1. The van der Waals surface area contributed by atoms with Crippen molar-refractivity contribution in [2.75, 3.05) is 7.11 Å². The van der Waals surface area contributed by atoms with Crippen LogP contribution in [0.15, 0.2) is 5.38 Å². The van der Waals surface area contributed by atoms with Gasteiger partial charge < -0.3 is 15.4 Å². The van der Waals surface area contributed by atoms with Gasteiger partial charge in [0.05, 0.1) is 12.1 Å². The van der Waals surface area contributed by atoms with Crippen LogP contribution in [-0.4, -0.2) is 29.8 Å². The molecule has 0 spiro atoms. The van der Waals surface area contributed by atoms with Crippen molar-refractivity contribution in [2.45, 2.75) is 51.6 Å². The first-order valence-corrected chi connectivity index (χ1v) is 7.52. The second-order valence-electron chi connectivity index (χ2n) is 5.52. The van der Waals surface area contributed by atoms with Gasteiger partial charge in [0.25, 0.3) is 0 Å². The van der Waals surface area contributed by atoms with Gasteiger partial charge in [-0.15, -0.1) is 11.3 Å². The molecule has 0 bridgehead atoms. The molecule has 2 amide bonds. The Labute approximate surface area is 131 Å². The monoisotopic (exact) mass is 339 g/mol. The van der Waals surface area contributed by atoms with Crippen LogP contribution in [-0.2, 0) is 17.5 Å². The number of hydrogen-bond acceptors (Lipinski definition) is 4. The van der Waals surface area contributed by atoms with E-state index in [0.29, 0.717) is 6.42 Å². The molecule has 0 radical (unpaired) electrons. The van der Waals surface area contributed by atoms with Crippen molar-refractivity contribution in [1.29, 1.82) is 0 Å². The highest BCUT2D eigenvalue weighted by molar-refractivity contribution is 7.09. The minimum absolute atomic E-state index is 0.0486. The zero-order valence-electron chi connectivity index (χ0n) is 12.9. The highest BCUT2D eigenvalue weighted by Crippen LogP contribution is 2.29. The van der Waals surface area contributed by atoms with E-state index in [1.165, 1.54) is 0 Å². The lowest BCUT2D eigenvalue weighted by atomic mass is 10.00. The number of urea groups is 1. The lowest BCUT2D eigenvalue weighted by molar-refractivity contribution is -0.140. The number of hydrogen-bond donors (Lipinski definition) is 2.